The van der Waals surface area contributed by atoms with Crippen molar-refractivity contribution in [3.05, 3.63) is 64.1 Å². The van der Waals surface area contributed by atoms with Crippen molar-refractivity contribution in [3.8, 4) is 0 Å². The van der Waals surface area contributed by atoms with Gasteiger partial charge in [-0.15, -0.1) is 0 Å². The van der Waals surface area contributed by atoms with E-state index in [-0.39, 0.29) is 22.4 Å². The van der Waals surface area contributed by atoms with Crippen LogP contribution in [0.5, 0.6) is 0 Å². The summed E-state index contributed by atoms with van der Waals surface area (Å²) in [5.74, 6) is -0.258. The van der Waals surface area contributed by atoms with Crippen LogP contribution in [0.3, 0.4) is 0 Å². The van der Waals surface area contributed by atoms with Gasteiger partial charge < -0.3 is 4.90 Å². The van der Waals surface area contributed by atoms with Crippen LogP contribution >= 0.6 is 15.9 Å². The number of rotatable bonds is 5. The summed E-state index contributed by atoms with van der Waals surface area (Å²) < 4.78 is 23.6. The fourth-order valence-corrected chi connectivity index (χ4v) is 3.23. The molecular formula is C17H19BrN2O3S. The topological polar surface area (TPSA) is 80.5 Å². The van der Waals surface area contributed by atoms with E-state index < -0.39 is 10.0 Å². The lowest BCUT2D eigenvalue weighted by molar-refractivity contribution is 0.0689. The van der Waals surface area contributed by atoms with Crippen molar-refractivity contribution in [2.75, 3.05) is 0 Å². The number of nitrogens with zero attached hydrogens (tertiary/aromatic N) is 1. The Morgan fingerprint density at radius 1 is 1.17 bits per heavy atom. The molecule has 0 spiro atoms. The molecule has 2 aromatic carbocycles. The number of amides is 1. The van der Waals surface area contributed by atoms with Crippen LogP contribution in [-0.4, -0.2) is 25.3 Å². The largest absolute Gasteiger partial charge is 0.332 e. The van der Waals surface area contributed by atoms with E-state index in [0.717, 1.165) is 5.56 Å². The molecule has 7 heteroatoms. The molecule has 128 valence electrons. The van der Waals surface area contributed by atoms with Crippen molar-refractivity contribution in [2.24, 2.45) is 5.14 Å². The van der Waals surface area contributed by atoms with Crippen LogP contribution in [-0.2, 0) is 16.6 Å². The van der Waals surface area contributed by atoms with Gasteiger partial charge in [-0.3, -0.25) is 4.79 Å². The predicted octanol–water partition coefficient (Wildman–Crippen LogP) is 3.15. The molecule has 0 saturated heterocycles. The van der Waals surface area contributed by atoms with Gasteiger partial charge in [-0.05, 0) is 53.5 Å². The van der Waals surface area contributed by atoms with Gasteiger partial charge in [-0.1, -0.05) is 30.3 Å². The van der Waals surface area contributed by atoms with E-state index in [2.05, 4.69) is 15.9 Å². The van der Waals surface area contributed by atoms with E-state index in [1.54, 1.807) is 4.90 Å². The molecule has 0 aliphatic heterocycles. The van der Waals surface area contributed by atoms with Crippen molar-refractivity contribution in [3.63, 3.8) is 0 Å². The van der Waals surface area contributed by atoms with E-state index in [1.807, 2.05) is 44.2 Å². The maximum atomic E-state index is 13.0. The van der Waals surface area contributed by atoms with Crippen LogP contribution in [0.1, 0.15) is 29.8 Å². The number of benzene rings is 2. The lowest BCUT2D eigenvalue weighted by Gasteiger charge is -2.27. The van der Waals surface area contributed by atoms with Gasteiger partial charge in [0.15, 0.2) is 0 Å². The first-order valence-corrected chi connectivity index (χ1v) is 9.71. The Hall–Kier alpha value is -1.70. The smallest absolute Gasteiger partial charge is 0.255 e. The SMILES string of the molecule is CC(C)N(Cc1ccccc1)C(=O)c1cc(S(N)(=O)=O)ccc1Br. The van der Waals surface area contributed by atoms with E-state index >= 15 is 0 Å². The molecule has 2 rings (SSSR count). The van der Waals surface area contributed by atoms with Crippen LogP contribution in [0.4, 0.5) is 0 Å². The van der Waals surface area contributed by atoms with E-state index in [4.69, 9.17) is 5.14 Å². The summed E-state index contributed by atoms with van der Waals surface area (Å²) in [7, 11) is -3.87. The van der Waals surface area contributed by atoms with Gasteiger partial charge in [0.1, 0.15) is 0 Å². The number of nitrogens with two attached hydrogens (primary N) is 1. The molecule has 1 amide bonds. The van der Waals surface area contributed by atoms with Crippen molar-refractivity contribution < 1.29 is 13.2 Å². The van der Waals surface area contributed by atoms with E-state index in [9.17, 15) is 13.2 Å². The number of halogens is 1. The highest BCUT2D eigenvalue weighted by Gasteiger charge is 2.23. The standard InChI is InChI=1S/C17H19BrN2O3S/c1-12(2)20(11-13-6-4-3-5-7-13)17(21)15-10-14(24(19,22)23)8-9-16(15)18/h3-10,12H,11H2,1-2H3,(H2,19,22,23). The van der Waals surface area contributed by atoms with Crippen LogP contribution in [0.15, 0.2) is 57.9 Å². The van der Waals surface area contributed by atoms with Crippen LogP contribution < -0.4 is 5.14 Å². The Morgan fingerprint density at radius 2 is 1.79 bits per heavy atom. The van der Waals surface area contributed by atoms with Gasteiger partial charge in [0.05, 0.1) is 10.5 Å². The summed E-state index contributed by atoms with van der Waals surface area (Å²) >= 11 is 3.32. The molecule has 0 aliphatic rings. The van der Waals surface area contributed by atoms with Gasteiger partial charge in [0, 0.05) is 17.1 Å². The summed E-state index contributed by atoms with van der Waals surface area (Å²) in [5, 5.41) is 5.17. The first kappa shape index (κ1) is 18.6. The fourth-order valence-electron chi connectivity index (χ4n) is 2.27. The van der Waals surface area contributed by atoms with Gasteiger partial charge in [-0.25, -0.2) is 13.6 Å². The zero-order valence-corrected chi connectivity index (χ0v) is 15.8. The maximum absolute atomic E-state index is 13.0. The number of carbonyl (C=O) groups is 1. The Morgan fingerprint density at radius 3 is 2.33 bits per heavy atom. The second-order valence-electron chi connectivity index (χ2n) is 5.70. The molecule has 0 aromatic heterocycles. The minimum atomic E-state index is -3.87. The third kappa shape index (κ3) is 4.43. The summed E-state index contributed by atoms with van der Waals surface area (Å²) in [6.07, 6.45) is 0. The zero-order chi connectivity index (χ0) is 17.9. The van der Waals surface area contributed by atoms with Gasteiger partial charge in [0.2, 0.25) is 10.0 Å². The molecule has 0 atom stereocenters. The monoisotopic (exact) mass is 410 g/mol. The zero-order valence-electron chi connectivity index (χ0n) is 13.4. The minimum Gasteiger partial charge on any atom is -0.332 e. The van der Waals surface area contributed by atoms with E-state index in [1.165, 1.54) is 18.2 Å². The second kappa shape index (κ2) is 7.46. The summed E-state index contributed by atoms with van der Waals surface area (Å²) in [4.78, 5) is 14.5. The lowest BCUT2D eigenvalue weighted by atomic mass is 10.1. The minimum absolute atomic E-state index is 0.0530. The third-order valence-corrected chi connectivity index (χ3v) is 5.18. The summed E-state index contributed by atoms with van der Waals surface area (Å²) in [6.45, 7) is 4.26. The van der Waals surface area contributed by atoms with Crippen molar-refractivity contribution in [1.29, 1.82) is 0 Å². The molecule has 2 N–H and O–H groups in total. The number of primary sulfonamides is 1. The van der Waals surface area contributed by atoms with Crippen molar-refractivity contribution in [1.82, 2.24) is 4.90 Å². The maximum Gasteiger partial charge on any atom is 0.255 e. The lowest BCUT2D eigenvalue weighted by Crippen LogP contribution is -2.36. The highest BCUT2D eigenvalue weighted by molar-refractivity contribution is 9.10. The Balaban J connectivity index is 2.40. The van der Waals surface area contributed by atoms with Crippen molar-refractivity contribution in [2.45, 2.75) is 31.3 Å². The van der Waals surface area contributed by atoms with Crippen LogP contribution in [0.2, 0.25) is 0 Å². The third-order valence-electron chi connectivity index (χ3n) is 3.58. The molecule has 0 radical (unpaired) electrons. The van der Waals surface area contributed by atoms with Crippen LogP contribution in [0, 0.1) is 0 Å². The quantitative estimate of drug-likeness (QED) is 0.821. The fraction of sp³-hybridized carbons (Fsp3) is 0.235. The molecule has 24 heavy (non-hydrogen) atoms. The normalized spacial score (nSPS) is 11.5. The number of carbonyl (C=O) groups excluding carboxylic acids is 1. The van der Waals surface area contributed by atoms with E-state index in [0.29, 0.717) is 11.0 Å². The molecule has 2 aromatic rings. The average Bonchev–Trinajstić information content (AvgIpc) is 2.52. The molecule has 0 unspecified atom stereocenters. The molecule has 0 saturated carbocycles. The molecule has 0 heterocycles. The predicted molar refractivity (Wildman–Crippen MR) is 97.0 cm³/mol. The first-order chi connectivity index (χ1) is 11.2. The number of hydrogen-bond acceptors (Lipinski definition) is 3. The average molecular weight is 411 g/mol. The first-order valence-electron chi connectivity index (χ1n) is 7.37. The number of hydrogen-bond donors (Lipinski definition) is 1. The molecule has 0 fully saturated rings. The molecule has 5 nitrogen and oxygen atoms in total. The van der Waals surface area contributed by atoms with Gasteiger partial charge >= 0.3 is 0 Å². The van der Waals surface area contributed by atoms with Gasteiger partial charge in [-0.2, -0.15) is 0 Å². The van der Waals surface area contributed by atoms with Crippen molar-refractivity contribution >= 4 is 31.9 Å². The Labute approximate surface area is 150 Å². The molecule has 0 aliphatic carbocycles. The van der Waals surface area contributed by atoms with Crippen LogP contribution in [0.25, 0.3) is 0 Å². The Bertz CT molecular complexity index is 836. The number of sulfonamides is 1. The highest BCUT2D eigenvalue weighted by atomic mass is 79.9. The highest BCUT2D eigenvalue weighted by Crippen LogP contribution is 2.23. The molecular weight excluding hydrogens is 392 g/mol. The summed E-state index contributed by atoms with van der Waals surface area (Å²) in [5.41, 5.74) is 1.27. The molecule has 0 bridgehead atoms. The Kier molecular flexibility index (Phi) is 5.79. The summed E-state index contributed by atoms with van der Waals surface area (Å²) in [6, 6.07) is 13.8. The second-order valence-corrected chi connectivity index (χ2v) is 8.11. The van der Waals surface area contributed by atoms with Gasteiger partial charge in [0.25, 0.3) is 5.91 Å².